The third-order valence-corrected chi connectivity index (χ3v) is 16.1. The predicted molar refractivity (Wildman–Crippen MR) is 218 cm³/mol. The van der Waals surface area contributed by atoms with Gasteiger partial charge in [0.05, 0.1) is 6.10 Å². The van der Waals surface area contributed by atoms with Gasteiger partial charge < -0.3 is 29.1 Å². The number of ether oxygens (including phenoxy) is 3. The van der Waals surface area contributed by atoms with Crippen LogP contribution in [0.15, 0.2) is 78.9 Å². The molecule has 0 heterocycles. The molecule has 1 fully saturated rings. The van der Waals surface area contributed by atoms with Gasteiger partial charge in [0.1, 0.15) is 19.0 Å². The molecular weight excluding hydrogens is 695 g/mol. The van der Waals surface area contributed by atoms with Crippen LogP contribution >= 0.6 is 0 Å². The summed E-state index contributed by atoms with van der Waals surface area (Å²) in [6.45, 7) is 14.4. The molecule has 8 nitrogen and oxygen atoms in total. The molecule has 1 amide bonds. The molecule has 2 aliphatic rings. The lowest BCUT2D eigenvalue weighted by Crippen LogP contribution is -2.45. The third-order valence-electron chi connectivity index (χ3n) is 11.6. The van der Waals surface area contributed by atoms with Gasteiger partial charge in [0.15, 0.2) is 14.9 Å². The van der Waals surface area contributed by atoms with E-state index in [4.69, 9.17) is 18.6 Å². The van der Waals surface area contributed by atoms with Gasteiger partial charge in [0.25, 0.3) is 0 Å². The van der Waals surface area contributed by atoms with Gasteiger partial charge in [-0.1, -0.05) is 120 Å². The number of fused-ring (bicyclic) bond motifs is 2. The third kappa shape index (κ3) is 13.0. The van der Waals surface area contributed by atoms with Crippen LogP contribution in [0.4, 0.5) is 4.79 Å². The first-order valence-electron chi connectivity index (χ1n) is 20.0. The summed E-state index contributed by atoms with van der Waals surface area (Å²) in [5, 5.41) is 13.3. The molecule has 0 aromatic heterocycles. The number of benzene rings is 3. The normalized spacial score (nSPS) is 19.7. The molecule has 5 unspecified atom stereocenters. The Morgan fingerprint density at radius 2 is 1.52 bits per heavy atom. The summed E-state index contributed by atoms with van der Waals surface area (Å²) in [6.07, 6.45) is 8.87. The molecular formula is C45H65NO7Si. The average molecular weight is 760 g/mol. The van der Waals surface area contributed by atoms with Crippen molar-refractivity contribution in [2.45, 2.75) is 129 Å². The molecule has 5 atom stereocenters. The maximum Gasteiger partial charge on any atom is 0.407 e. The van der Waals surface area contributed by atoms with E-state index in [0.717, 1.165) is 61.8 Å². The van der Waals surface area contributed by atoms with Crippen LogP contribution in [0.3, 0.4) is 0 Å². The van der Waals surface area contributed by atoms with Crippen LogP contribution in [0.25, 0.3) is 0 Å². The van der Waals surface area contributed by atoms with E-state index in [2.05, 4.69) is 58.2 Å². The number of hydrogen-bond acceptors (Lipinski definition) is 7. The van der Waals surface area contributed by atoms with Gasteiger partial charge in [-0.3, -0.25) is 0 Å². The van der Waals surface area contributed by atoms with Crippen molar-refractivity contribution in [2.24, 2.45) is 17.8 Å². The van der Waals surface area contributed by atoms with Crippen molar-refractivity contribution < 1.29 is 33.3 Å². The summed E-state index contributed by atoms with van der Waals surface area (Å²) in [7, 11) is -0.410. The average Bonchev–Trinajstić information content (AvgIpc) is 3.48. The van der Waals surface area contributed by atoms with E-state index in [1.54, 1.807) is 0 Å². The van der Waals surface area contributed by atoms with Gasteiger partial charge in [-0.2, -0.15) is 0 Å². The summed E-state index contributed by atoms with van der Waals surface area (Å²) in [5.74, 6) is 1.96. The number of hydrogen-bond donors (Lipinski definition) is 2. The maximum absolute atomic E-state index is 12.5. The number of carbonyl (C=O) groups is 2. The second kappa shape index (κ2) is 20.9. The lowest BCUT2D eigenvalue weighted by atomic mass is 9.73. The molecule has 9 heteroatoms. The fraction of sp³-hybridized carbons (Fsp3) is 0.556. The van der Waals surface area contributed by atoms with Crippen LogP contribution in [0.1, 0.15) is 94.9 Å². The number of amides is 1. The highest BCUT2D eigenvalue weighted by Gasteiger charge is 2.49. The summed E-state index contributed by atoms with van der Waals surface area (Å²) >= 11 is 0. The summed E-state index contributed by atoms with van der Waals surface area (Å²) in [5.41, 5.74) is 4.52. The largest absolute Gasteiger partial charge is 0.482 e. The van der Waals surface area contributed by atoms with E-state index in [0.29, 0.717) is 24.4 Å². The molecule has 0 saturated heterocycles. The fourth-order valence-electron chi connectivity index (χ4n) is 7.47. The summed E-state index contributed by atoms with van der Waals surface area (Å²) < 4.78 is 23.5. The predicted octanol–water partition coefficient (Wildman–Crippen LogP) is 9.81. The van der Waals surface area contributed by atoms with Crippen molar-refractivity contribution >= 4 is 20.4 Å². The quantitative estimate of drug-likeness (QED) is 0.0852. The van der Waals surface area contributed by atoms with Gasteiger partial charge >= 0.3 is 12.1 Å². The minimum atomic E-state index is -1.95. The van der Waals surface area contributed by atoms with Gasteiger partial charge in [0, 0.05) is 13.2 Å². The Morgan fingerprint density at radius 3 is 2.13 bits per heavy atom. The molecule has 1 saturated carbocycles. The second-order valence-corrected chi connectivity index (χ2v) is 21.3. The van der Waals surface area contributed by atoms with Gasteiger partial charge in [0.2, 0.25) is 0 Å². The smallest absolute Gasteiger partial charge is 0.407 e. The van der Waals surface area contributed by atoms with Crippen LogP contribution in [0.2, 0.25) is 18.1 Å². The Bertz CT molecular complexity index is 1580. The van der Waals surface area contributed by atoms with E-state index in [-0.39, 0.29) is 36.4 Å². The molecule has 3 aromatic rings. The Hall–Kier alpha value is -3.66. The highest BCUT2D eigenvalue weighted by molar-refractivity contribution is 6.74. The van der Waals surface area contributed by atoms with Crippen molar-refractivity contribution in [2.75, 3.05) is 13.7 Å². The summed E-state index contributed by atoms with van der Waals surface area (Å²) in [6, 6.07) is 25.5. The van der Waals surface area contributed by atoms with Crippen LogP contribution in [0, 0.1) is 17.8 Å². The van der Waals surface area contributed by atoms with Crippen molar-refractivity contribution in [1.82, 2.24) is 5.32 Å². The SMILES string of the molecule is CCCCCC(O)CCC1C(O[Si](C)(C)C(C)(C)C)CC2Cc3c(cccc3OCC(=O)OCc3ccccc3)CC21.CNC(=O)OCc1ccccc1. The van der Waals surface area contributed by atoms with Crippen LogP contribution in [-0.4, -0.2) is 51.3 Å². The van der Waals surface area contributed by atoms with Crippen molar-refractivity contribution in [3.05, 3.63) is 101 Å². The molecule has 3 aromatic carbocycles. The molecule has 0 aliphatic heterocycles. The number of rotatable bonds is 16. The molecule has 0 bridgehead atoms. The van der Waals surface area contributed by atoms with Gasteiger partial charge in [-0.05, 0) is 103 Å². The molecule has 0 radical (unpaired) electrons. The molecule has 54 heavy (non-hydrogen) atoms. The van der Waals surface area contributed by atoms with Crippen molar-refractivity contribution in [3.63, 3.8) is 0 Å². The first-order chi connectivity index (χ1) is 25.8. The first kappa shape index (κ1) is 43.1. The zero-order valence-electron chi connectivity index (χ0n) is 33.8. The van der Waals surface area contributed by atoms with Crippen LogP contribution in [-0.2, 0) is 44.7 Å². The standard InChI is InChI=1S/C36H54O5Si.C9H11NO2/c1-7-8-10-17-29(37)19-20-30-31-21-27-16-13-18-33(39-25-35(38)40-24-26-14-11-9-12-15-26)32(27)22-28(31)23-34(30)41-42(5,6)36(2,3)4;1-10-9(11)12-7-8-5-3-2-4-6-8/h9,11-16,18,28-31,34,37H,7-8,10,17,19-25H2,1-6H3;2-6H,7H2,1H3,(H,10,11). The van der Waals surface area contributed by atoms with Gasteiger partial charge in [-0.25, -0.2) is 9.59 Å². The van der Waals surface area contributed by atoms with Crippen molar-refractivity contribution in [3.8, 4) is 5.75 Å². The van der Waals surface area contributed by atoms with E-state index in [1.165, 1.54) is 31.0 Å². The number of aliphatic hydroxyl groups is 1. The van der Waals surface area contributed by atoms with Crippen LogP contribution < -0.4 is 10.1 Å². The zero-order valence-corrected chi connectivity index (χ0v) is 34.8. The van der Waals surface area contributed by atoms with Gasteiger partial charge in [-0.15, -0.1) is 0 Å². The van der Waals surface area contributed by atoms with E-state index in [1.807, 2.05) is 66.7 Å². The highest BCUT2D eigenvalue weighted by Crippen LogP contribution is 2.51. The topological polar surface area (TPSA) is 103 Å². The minimum Gasteiger partial charge on any atom is -0.482 e. The van der Waals surface area contributed by atoms with E-state index in [9.17, 15) is 14.7 Å². The Morgan fingerprint density at radius 1 is 0.870 bits per heavy atom. The van der Waals surface area contributed by atoms with E-state index < -0.39 is 14.4 Å². The molecule has 0 spiro atoms. The molecule has 5 rings (SSSR count). The highest BCUT2D eigenvalue weighted by atomic mass is 28.4. The number of unbranched alkanes of at least 4 members (excludes halogenated alkanes) is 2. The van der Waals surface area contributed by atoms with Crippen molar-refractivity contribution in [1.29, 1.82) is 0 Å². The number of alkyl carbamates (subject to hydrolysis) is 1. The lowest BCUT2D eigenvalue weighted by Gasteiger charge is -2.40. The lowest BCUT2D eigenvalue weighted by molar-refractivity contribution is -0.147. The monoisotopic (exact) mass is 759 g/mol. The number of esters is 1. The number of aliphatic hydroxyl groups excluding tert-OH is 1. The minimum absolute atomic E-state index is 0.0902. The Kier molecular flexibility index (Phi) is 16.6. The van der Waals surface area contributed by atoms with E-state index >= 15 is 0 Å². The Balaban J connectivity index is 0.000000460. The Labute approximate surface area is 325 Å². The fourth-order valence-corrected chi connectivity index (χ4v) is 8.85. The first-order valence-corrected chi connectivity index (χ1v) is 22.9. The molecule has 296 valence electrons. The maximum atomic E-state index is 12.5. The summed E-state index contributed by atoms with van der Waals surface area (Å²) in [4.78, 5) is 23.1. The number of nitrogens with one attached hydrogen (secondary N) is 1. The number of carbonyl (C=O) groups excluding carboxylic acids is 2. The molecule has 2 N–H and O–H groups in total. The molecule has 2 aliphatic carbocycles. The second-order valence-electron chi connectivity index (χ2n) is 16.5. The zero-order chi connectivity index (χ0) is 39.1. The van der Waals surface area contributed by atoms with Crippen LogP contribution in [0.5, 0.6) is 5.75 Å².